The third-order valence-corrected chi connectivity index (χ3v) is 2.09. The standard InChI is InChI=1S/C11H7F2N3O2/c12-11(13)17-8-4-2-1-3-6(8)10-16-7(5-14)9(15)18-10/h1-4,11H,15H2. The average Bonchev–Trinajstić information content (AvgIpc) is 2.70. The number of nitriles is 1. The zero-order valence-corrected chi connectivity index (χ0v) is 8.93. The second kappa shape index (κ2) is 4.71. The van der Waals surface area contributed by atoms with Gasteiger partial charge in [-0.1, -0.05) is 12.1 Å². The molecular formula is C11H7F2N3O2. The molecule has 0 aliphatic carbocycles. The van der Waals surface area contributed by atoms with Crippen molar-refractivity contribution in [1.29, 1.82) is 5.26 Å². The van der Waals surface area contributed by atoms with Gasteiger partial charge in [0.2, 0.25) is 17.5 Å². The van der Waals surface area contributed by atoms with Gasteiger partial charge in [-0.3, -0.25) is 0 Å². The summed E-state index contributed by atoms with van der Waals surface area (Å²) < 4.78 is 33.8. The molecular weight excluding hydrogens is 244 g/mol. The molecule has 0 saturated carbocycles. The minimum Gasteiger partial charge on any atom is -0.434 e. The number of nitrogen functional groups attached to an aromatic ring is 1. The van der Waals surface area contributed by atoms with Gasteiger partial charge in [-0.25, -0.2) is 0 Å². The monoisotopic (exact) mass is 251 g/mol. The Bertz CT molecular complexity index is 605. The van der Waals surface area contributed by atoms with Crippen LogP contribution in [0.25, 0.3) is 11.5 Å². The van der Waals surface area contributed by atoms with Crippen molar-refractivity contribution in [1.82, 2.24) is 4.98 Å². The van der Waals surface area contributed by atoms with Gasteiger partial charge in [-0.15, -0.1) is 0 Å². The topological polar surface area (TPSA) is 85.1 Å². The molecule has 0 saturated heterocycles. The maximum Gasteiger partial charge on any atom is 0.387 e. The van der Waals surface area contributed by atoms with E-state index in [4.69, 9.17) is 15.4 Å². The van der Waals surface area contributed by atoms with Crippen LogP contribution in [0.2, 0.25) is 0 Å². The van der Waals surface area contributed by atoms with Crippen molar-refractivity contribution in [3.8, 4) is 23.3 Å². The number of hydrogen-bond acceptors (Lipinski definition) is 5. The lowest BCUT2D eigenvalue weighted by Crippen LogP contribution is -2.03. The molecule has 2 rings (SSSR count). The van der Waals surface area contributed by atoms with Crippen molar-refractivity contribution in [3.05, 3.63) is 30.0 Å². The lowest BCUT2D eigenvalue weighted by Gasteiger charge is -2.07. The van der Waals surface area contributed by atoms with Gasteiger partial charge >= 0.3 is 6.61 Å². The summed E-state index contributed by atoms with van der Waals surface area (Å²) in [5.74, 6) is -0.308. The molecule has 0 aliphatic heterocycles. The number of halogens is 2. The van der Waals surface area contributed by atoms with E-state index in [1.165, 1.54) is 18.2 Å². The molecule has 2 N–H and O–H groups in total. The predicted octanol–water partition coefficient (Wildman–Crippen LogP) is 2.40. The van der Waals surface area contributed by atoms with Gasteiger partial charge in [-0.2, -0.15) is 19.0 Å². The summed E-state index contributed by atoms with van der Waals surface area (Å²) >= 11 is 0. The first-order valence-electron chi connectivity index (χ1n) is 4.82. The Labute approximate surface area is 100 Å². The number of aromatic nitrogens is 1. The van der Waals surface area contributed by atoms with Crippen LogP contribution in [0.3, 0.4) is 0 Å². The number of para-hydroxylation sites is 1. The van der Waals surface area contributed by atoms with E-state index in [9.17, 15) is 8.78 Å². The van der Waals surface area contributed by atoms with E-state index < -0.39 is 6.61 Å². The van der Waals surface area contributed by atoms with E-state index in [2.05, 4.69) is 9.72 Å². The molecule has 0 atom stereocenters. The lowest BCUT2D eigenvalue weighted by atomic mass is 10.2. The molecule has 18 heavy (non-hydrogen) atoms. The van der Waals surface area contributed by atoms with Crippen LogP contribution in [-0.4, -0.2) is 11.6 Å². The van der Waals surface area contributed by atoms with Crippen molar-refractivity contribution in [2.24, 2.45) is 0 Å². The summed E-state index contributed by atoms with van der Waals surface area (Å²) in [6.45, 7) is -2.96. The largest absolute Gasteiger partial charge is 0.434 e. The third-order valence-electron chi connectivity index (χ3n) is 2.09. The third kappa shape index (κ3) is 2.22. The highest BCUT2D eigenvalue weighted by atomic mass is 19.3. The highest BCUT2D eigenvalue weighted by Crippen LogP contribution is 2.32. The van der Waals surface area contributed by atoms with Gasteiger partial charge in [0, 0.05) is 0 Å². The van der Waals surface area contributed by atoms with E-state index in [-0.39, 0.29) is 28.8 Å². The van der Waals surface area contributed by atoms with Crippen LogP contribution in [-0.2, 0) is 0 Å². The molecule has 1 aromatic carbocycles. The fourth-order valence-corrected chi connectivity index (χ4v) is 1.37. The fraction of sp³-hybridized carbons (Fsp3) is 0.0909. The normalized spacial score (nSPS) is 10.3. The number of nitrogens with two attached hydrogens (primary N) is 1. The van der Waals surface area contributed by atoms with Crippen LogP contribution in [0.1, 0.15) is 5.69 Å². The molecule has 0 unspecified atom stereocenters. The fourth-order valence-electron chi connectivity index (χ4n) is 1.37. The Morgan fingerprint density at radius 3 is 2.72 bits per heavy atom. The first kappa shape index (κ1) is 11.9. The molecule has 0 radical (unpaired) electrons. The van der Waals surface area contributed by atoms with Crippen LogP contribution in [0.4, 0.5) is 14.7 Å². The van der Waals surface area contributed by atoms with Crippen molar-refractivity contribution < 1.29 is 17.9 Å². The smallest absolute Gasteiger partial charge is 0.387 e. The number of rotatable bonds is 3. The molecule has 2 aromatic rings. The molecule has 0 fully saturated rings. The summed E-state index contributed by atoms with van der Waals surface area (Å²) in [6, 6.07) is 7.67. The minimum atomic E-state index is -2.96. The van der Waals surface area contributed by atoms with Crippen molar-refractivity contribution in [2.75, 3.05) is 5.73 Å². The predicted molar refractivity (Wildman–Crippen MR) is 57.7 cm³/mol. The van der Waals surface area contributed by atoms with Crippen LogP contribution in [0, 0.1) is 11.3 Å². The number of anilines is 1. The zero-order valence-electron chi connectivity index (χ0n) is 8.93. The molecule has 0 bridgehead atoms. The van der Waals surface area contributed by atoms with Crippen molar-refractivity contribution in [3.63, 3.8) is 0 Å². The molecule has 92 valence electrons. The lowest BCUT2D eigenvalue weighted by molar-refractivity contribution is -0.0495. The summed E-state index contributed by atoms with van der Waals surface area (Å²) in [6.07, 6.45) is 0. The number of nitrogens with zero attached hydrogens (tertiary/aromatic N) is 2. The number of ether oxygens (including phenoxy) is 1. The van der Waals surface area contributed by atoms with Crippen molar-refractivity contribution >= 4 is 5.88 Å². The van der Waals surface area contributed by atoms with Crippen LogP contribution >= 0.6 is 0 Å². The van der Waals surface area contributed by atoms with Gasteiger partial charge in [0.05, 0.1) is 5.56 Å². The maximum atomic E-state index is 12.2. The highest BCUT2D eigenvalue weighted by Gasteiger charge is 2.17. The summed E-state index contributed by atoms with van der Waals surface area (Å²) in [7, 11) is 0. The number of alkyl halides is 2. The summed E-state index contributed by atoms with van der Waals surface area (Å²) in [4.78, 5) is 3.79. The van der Waals surface area contributed by atoms with E-state index >= 15 is 0 Å². The quantitative estimate of drug-likeness (QED) is 0.905. The Kier molecular flexibility index (Phi) is 3.10. The molecule has 1 heterocycles. The molecule has 5 nitrogen and oxygen atoms in total. The Balaban J connectivity index is 2.47. The second-order valence-corrected chi connectivity index (χ2v) is 3.22. The van der Waals surface area contributed by atoms with Crippen molar-refractivity contribution in [2.45, 2.75) is 6.61 Å². The Hall–Kier alpha value is -2.62. The van der Waals surface area contributed by atoms with Crippen LogP contribution in [0.15, 0.2) is 28.7 Å². The highest BCUT2D eigenvalue weighted by molar-refractivity contribution is 5.65. The summed E-state index contributed by atoms with van der Waals surface area (Å²) in [5, 5.41) is 8.69. The first-order valence-corrected chi connectivity index (χ1v) is 4.82. The number of benzene rings is 1. The number of oxazole rings is 1. The zero-order chi connectivity index (χ0) is 13.1. The van der Waals surface area contributed by atoms with E-state index in [0.717, 1.165) is 0 Å². The van der Waals surface area contributed by atoms with Gasteiger partial charge in [0.25, 0.3) is 0 Å². The second-order valence-electron chi connectivity index (χ2n) is 3.22. The van der Waals surface area contributed by atoms with E-state index in [1.807, 2.05) is 0 Å². The van der Waals surface area contributed by atoms with Crippen LogP contribution < -0.4 is 10.5 Å². The van der Waals surface area contributed by atoms with Gasteiger partial charge < -0.3 is 14.9 Å². The molecule has 0 amide bonds. The first-order chi connectivity index (χ1) is 8.61. The Morgan fingerprint density at radius 2 is 2.11 bits per heavy atom. The Morgan fingerprint density at radius 1 is 1.39 bits per heavy atom. The summed E-state index contributed by atoms with van der Waals surface area (Å²) in [5.41, 5.74) is 5.50. The minimum absolute atomic E-state index is 0.0414. The molecule has 0 aliphatic rings. The van der Waals surface area contributed by atoms with Gasteiger partial charge in [-0.05, 0) is 12.1 Å². The average molecular weight is 251 g/mol. The van der Waals surface area contributed by atoms with Gasteiger partial charge in [0.1, 0.15) is 11.8 Å². The SMILES string of the molecule is N#Cc1nc(-c2ccccc2OC(F)F)oc1N. The molecule has 1 aromatic heterocycles. The number of hydrogen-bond donors (Lipinski definition) is 1. The van der Waals surface area contributed by atoms with E-state index in [0.29, 0.717) is 0 Å². The van der Waals surface area contributed by atoms with Gasteiger partial charge in [0.15, 0.2) is 0 Å². The van der Waals surface area contributed by atoms with E-state index in [1.54, 1.807) is 12.1 Å². The maximum absolute atomic E-state index is 12.2. The molecule has 7 heteroatoms. The van der Waals surface area contributed by atoms with Crippen LogP contribution in [0.5, 0.6) is 5.75 Å². The molecule has 0 spiro atoms.